The predicted octanol–water partition coefficient (Wildman–Crippen LogP) is 4.61. The molecule has 1 N–H and O–H groups in total. The molecule has 4 heteroatoms. The molecule has 1 aromatic heterocycles. The SMILES string of the molecule is CCNC(CC1CC1)c1cc(Cl)c(Br)s1. The largest absolute Gasteiger partial charge is 0.310 e. The Morgan fingerprint density at radius 1 is 1.67 bits per heavy atom. The molecule has 1 heterocycles. The number of thiophene rings is 1. The Balaban J connectivity index is 2.07. The molecule has 15 heavy (non-hydrogen) atoms. The van der Waals surface area contributed by atoms with Crippen LogP contribution in [0.4, 0.5) is 0 Å². The smallest absolute Gasteiger partial charge is 0.0887 e. The summed E-state index contributed by atoms with van der Waals surface area (Å²) in [5.41, 5.74) is 0. The van der Waals surface area contributed by atoms with Crippen molar-refractivity contribution in [3.05, 3.63) is 19.8 Å². The maximum absolute atomic E-state index is 6.06. The van der Waals surface area contributed by atoms with Crippen LogP contribution in [0.3, 0.4) is 0 Å². The Morgan fingerprint density at radius 3 is 2.87 bits per heavy atom. The maximum Gasteiger partial charge on any atom is 0.0887 e. The minimum atomic E-state index is 0.497. The Morgan fingerprint density at radius 2 is 2.40 bits per heavy atom. The predicted molar refractivity (Wildman–Crippen MR) is 70.8 cm³/mol. The van der Waals surface area contributed by atoms with Gasteiger partial charge in [-0.05, 0) is 40.9 Å². The molecule has 1 saturated carbocycles. The summed E-state index contributed by atoms with van der Waals surface area (Å²) in [6, 6.07) is 2.59. The zero-order valence-corrected chi connectivity index (χ0v) is 11.9. The van der Waals surface area contributed by atoms with Crippen molar-refractivity contribution in [3.63, 3.8) is 0 Å². The lowest BCUT2D eigenvalue weighted by Gasteiger charge is -2.15. The van der Waals surface area contributed by atoms with Crippen molar-refractivity contribution in [2.75, 3.05) is 6.54 Å². The summed E-state index contributed by atoms with van der Waals surface area (Å²) in [6.45, 7) is 3.18. The molecule has 0 aliphatic heterocycles. The molecule has 1 aromatic rings. The standard InChI is InChI=1S/C11H15BrClNS/c1-2-14-9(5-7-3-4-7)10-6-8(13)11(12)15-10/h6-7,9,14H,2-5H2,1H3. The lowest BCUT2D eigenvalue weighted by molar-refractivity contribution is 0.493. The second-order valence-corrected chi connectivity index (χ2v) is 6.87. The average Bonchev–Trinajstić information content (AvgIpc) is 2.94. The van der Waals surface area contributed by atoms with Crippen LogP contribution < -0.4 is 5.32 Å². The second kappa shape index (κ2) is 5.17. The van der Waals surface area contributed by atoms with Gasteiger partial charge in [0.15, 0.2) is 0 Å². The van der Waals surface area contributed by atoms with E-state index in [0.717, 1.165) is 21.3 Å². The molecule has 84 valence electrons. The highest BCUT2D eigenvalue weighted by molar-refractivity contribution is 9.11. The molecule has 0 aromatic carbocycles. The summed E-state index contributed by atoms with van der Waals surface area (Å²) in [6.07, 6.45) is 4.07. The van der Waals surface area contributed by atoms with Crippen LogP contribution in [-0.4, -0.2) is 6.54 Å². The minimum absolute atomic E-state index is 0.497. The van der Waals surface area contributed by atoms with Gasteiger partial charge in [0.2, 0.25) is 0 Å². The van der Waals surface area contributed by atoms with Gasteiger partial charge in [0, 0.05) is 10.9 Å². The molecule has 1 aliphatic rings. The van der Waals surface area contributed by atoms with Gasteiger partial charge in [0.1, 0.15) is 0 Å². The fraction of sp³-hybridized carbons (Fsp3) is 0.636. The fourth-order valence-corrected chi connectivity index (χ4v) is 3.60. The Bertz CT molecular complexity index is 316. The molecule has 1 nitrogen and oxygen atoms in total. The van der Waals surface area contributed by atoms with Gasteiger partial charge in [0.05, 0.1) is 8.81 Å². The van der Waals surface area contributed by atoms with Crippen LogP contribution in [-0.2, 0) is 0 Å². The summed E-state index contributed by atoms with van der Waals surface area (Å²) in [4.78, 5) is 1.36. The summed E-state index contributed by atoms with van der Waals surface area (Å²) in [7, 11) is 0. The van der Waals surface area contributed by atoms with Crippen LogP contribution in [0.5, 0.6) is 0 Å². The number of nitrogens with one attached hydrogen (secondary N) is 1. The molecule has 1 atom stereocenters. The summed E-state index contributed by atoms with van der Waals surface area (Å²) in [5, 5.41) is 4.38. The first kappa shape index (κ1) is 11.9. The van der Waals surface area contributed by atoms with E-state index in [1.54, 1.807) is 11.3 Å². The van der Waals surface area contributed by atoms with Crippen molar-refractivity contribution in [2.24, 2.45) is 5.92 Å². The summed E-state index contributed by atoms with van der Waals surface area (Å²) in [5.74, 6) is 0.939. The molecular weight excluding hydrogens is 294 g/mol. The third kappa shape index (κ3) is 3.19. The van der Waals surface area contributed by atoms with Crippen molar-refractivity contribution in [1.82, 2.24) is 5.32 Å². The van der Waals surface area contributed by atoms with Gasteiger partial charge in [-0.25, -0.2) is 0 Å². The third-order valence-electron chi connectivity index (χ3n) is 2.72. The molecule has 0 bridgehead atoms. The van der Waals surface area contributed by atoms with E-state index in [9.17, 15) is 0 Å². The van der Waals surface area contributed by atoms with Crippen LogP contribution in [0.1, 0.15) is 37.1 Å². The van der Waals surface area contributed by atoms with Gasteiger partial charge in [-0.1, -0.05) is 31.4 Å². The average molecular weight is 309 g/mol. The van der Waals surface area contributed by atoms with Crippen molar-refractivity contribution < 1.29 is 0 Å². The maximum atomic E-state index is 6.06. The van der Waals surface area contributed by atoms with Crippen LogP contribution in [0.15, 0.2) is 9.85 Å². The fourth-order valence-electron chi connectivity index (χ4n) is 1.77. The molecule has 1 aliphatic carbocycles. The molecule has 1 fully saturated rings. The number of halogens is 2. The van der Waals surface area contributed by atoms with Crippen LogP contribution >= 0.6 is 38.9 Å². The lowest BCUT2D eigenvalue weighted by atomic mass is 10.1. The topological polar surface area (TPSA) is 12.0 Å². The van der Waals surface area contributed by atoms with Crippen LogP contribution in [0, 0.1) is 5.92 Å². The molecule has 0 saturated heterocycles. The zero-order valence-electron chi connectivity index (χ0n) is 8.72. The Hall–Kier alpha value is 0.430. The zero-order chi connectivity index (χ0) is 10.8. The minimum Gasteiger partial charge on any atom is -0.310 e. The van der Waals surface area contributed by atoms with Gasteiger partial charge < -0.3 is 5.32 Å². The van der Waals surface area contributed by atoms with E-state index in [0.29, 0.717) is 6.04 Å². The molecule has 0 radical (unpaired) electrons. The molecule has 0 amide bonds. The quantitative estimate of drug-likeness (QED) is 0.837. The lowest BCUT2D eigenvalue weighted by Crippen LogP contribution is -2.20. The Kier molecular flexibility index (Phi) is 4.10. The van der Waals surface area contributed by atoms with Gasteiger partial charge in [-0.15, -0.1) is 11.3 Å². The van der Waals surface area contributed by atoms with E-state index in [1.807, 2.05) is 0 Å². The first-order valence-corrected chi connectivity index (χ1v) is 7.37. The third-order valence-corrected chi connectivity index (χ3v) is 5.31. The number of hydrogen-bond acceptors (Lipinski definition) is 2. The van der Waals surface area contributed by atoms with Crippen LogP contribution in [0.25, 0.3) is 0 Å². The molecule has 2 rings (SSSR count). The molecule has 0 spiro atoms. The van der Waals surface area contributed by atoms with E-state index in [1.165, 1.54) is 24.1 Å². The van der Waals surface area contributed by atoms with Crippen molar-refractivity contribution >= 4 is 38.9 Å². The van der Waals surface area contributed by atoms with Crippen molar-refractivity contribution in [2.45, 2.75) is 32.2 Å². The first-order chi connectivity index (χ1) is 7.20. The van der Waals surface area contributed by atoms with E-state index < -0.39 is 0 Å². The molecular formula is C11H15BrClNS. The summed E-state index contributed by atoms with van der Waals surface area (Å²) >= 11 is 11.3. The van der Waals surface area contributed by atoms with E-state index in [4.69, 9.17) is 11.6 Å². The molecule has 1 unspecified atom stereocenters. The van der Waals surface area contributed by atoms with Gasteiger partial charge in [0.25, 0.3) is 0 Å². The normalized spacial score (nSPS) is 18.1. The number of hydrogen-bond donors (Lipinski definition) is 1. The highest BCUT2D eigenvalue weighted by Gasteiger charge is 2.27. The van der Waals surface area contributed by atoms with Gasteiger partial charge in [-0.2, -0.15) is 0 Å². The monoisotopic (exact) mass is 307 g/mol. The van der Waals surface area contributed by atoms with Gasteiger partial charge >= 0.3 is 0 Å². The number of rotatable bonds is 5. The summed E-state index contributed by atoms with van der Waals surface area (Å²) < 4.78 is 1.05. The highest BCUT2D eigenvalue weighted by Crippen LogP contribution is 2.41. The van der Waals surface area contributed by atoms with Gasteiger partial charge in [-0.3, -0.25) is 0 Å². The van der Waals surface area contributed by atoms with E-state index in [2.05, 4.69) is 34.2 Å². The van der Waals surface area contributed by atoms with E-state index >= 15 is 0 Å². The second-order valence-electron chi connectivity index (χ2n) is 4.06. The highest BCUT2D eigenvalue weighted by atomic mass is 79.9. The van der Waals surface area contributed by atoms with E-state index in [-0.39, 0.29) is 0 Å². The first-order valence-electron chi connectivity index (χ1n) is 5.38. The van der Waals surface area contributed by atoms with Crippen LogP contribution in [0.2, 0.25) is 5.02 Å². The van der Waals surface area contributed by atoms with Crippen molar-refractivity contribution in [1.29, 1.82) is 0 Å². The Labute approximate surface area is 108 Å². The van der Waals surface area contributed by atoms with Crippen molar-refractivity contribution in [3.8, 4) is 0 Å².